The zero-order valence-corrected chi connectivity index (χ0v) is 21.8. The van der Waals surface area contributed by atoms with E-state index in [2.05, 4.69) is 22.0 Å². The average Bonchev–Trinajstić information content (AvgIpc) is 2.88. The van der Waals surface area contributed by atoms with Gasteiger partial charge in [0.05, 0.1) is 24.8 Å². The molecule has 1 saturated carbocycles. The van der Waals surface area contributed by atoms with Gasteiger partial charge in [0.1, 0.15) is 11.6 Å². The summed E-state index contributed by atoms with van der Waals surface area (Å²) in [6.07, 6.45) is 1.89. The molecule has 2 heterocycles. The number of hydrogen-bond acceptors (Lipinski definition) is 7. The van der Waals surface area contributed by atoms with Gasteiger partial charge in [-0.15, -0.1) is 0 Å². The number of nitrogens with zero attached hydrogens (tertiary/aromatic N) is 1. The van der Waals surface area contributed by atoms with Gasteiger partial charge in [-0.2, -0.15) is 0 Å². The smallest absolute Gasteiger partial charge is 0.224 e. The van der Waals surface area contributed by atoms with Crippen molar-refractivity contribution in [2.45, 2.75) is 51.4 Å². The maximum Gasteiger partial charge on any atom is 0.224 e. The molecule has 2 amide bonds. The number of carbonyl (C=O) groups excluding carboxylic acids is 2. The van der Waals surface area contributed by atoms with Crippen LogP contribution in [0, 0.1) is 17.8 Å². The lowest BCUT2D eigenvalue weighted by atomic mass is 9.63. The first-order chi connectivity index (χ1) is 17.4. The van der Waals surface area contributed by atoms with Gasteiger partial charge in [-0.3, -0.25) is 9.59 Å². The molecule has 2 aliphatic rings. The number of methoxy groups -OCH3 is 3. The summed E-state index contributed by atoms with van der Waals surface area (Å²) in [5, 5.41) is 10.5. The number of carbonyl (C=O) groups is 2. The lowest BCUT2D eigenvalue weighted by molar-refractivity contribution is -0.144. The molecule has 1 aliphatic heterocycles. The van der Waals surface area contributed by atoms with Gasteiger partial charge >= 0.3 is 0 Å². The summed E-state index contributed by atoms with van der Waals surface area (Å²) in [7, 11) is 5.05. The van der Waals surface area contributed by atoms with Crippen LogP contribution in [0.3, 0.4) is 0 Å². The monoisotopic (exact) mass is 498 g/mol. The third-order valence-corrected chi connectivity index (χ3v) is 7.73. The van der Waals surface area contributed by atoms with Crippen molar-refractivity contribution in [2.75, 3.05) is 39.7 Å². The lowest BCUT2D eigenvalue weighted by Gasteiger charge is -2.49. The van der Waals surface area contributed by atoms with Gasteiger partial charge in [0.25, 0.3) is 0 Å². The highest BCUT2D eigenvalue weighted by Gasteiger charge is 2.49. The molecule has 9 nitrogen and oxygen atoms in total. The second-order valence-electron chi connectivity index (χ2n) is 9.80. The maximum absolute atomic E-state index is 13.5. The Morgan fingerprint density at radius 2 is 1.83 bits per heavy atom. The van der Waals surface area contributed by atoms with Gasteiger partial charge in [0.15, 0.2) is 0 Å². The van der Waals surface area contributed by atoms with Gasteiger partial charge in [0, 0.05) is 51.6 Å². The first kappa shape index (κ1) is 26.2. The molecule has 1 aromatic carbocycles. The minimum atomic E-state index is -0.249. The number of amides is 2. The number of pyridine rings is 1. The van der Waals surface area contributed by atoms with Gasteiger partial charge < -0.3 is 30.2 Å². The van der Waals surface area contributed by atoms with Gasteiger partial charge in [-0.05, 0) is 67.9 Å². The van der Waals surface area contributed by atoms with Crippen molar-refractivity contribution in [3.8, 4) is 5.75 Å². The first-order valence-electron chi connectivity index (χ1n) is 12.7. The highest BCUT2D eigenvalue weighted by molar-refractivity contribution is 5.85. The van der Waals surface area contributed by atoms with Crippen molar-refractivity contribution in [1.29, 1.82) is 0 Å². The van der Waals surface area contributed by atoms with Crippen LogP contribution in [-0.4, -0.2) is 69.5 Å². The van der Waals surface area contributed by atoms with E-state index in [0.717, 1.165) is 47.4 Å². The SMILES string of the molecule is CCNc1nc2ccc(OC)cc2cc1CC1C(=O)NC(CNC(C)=O)C2CC(OC)C(OC)CC12. The second-order valence-corrected chi connectivity index (χ2v) is 9.80. The van der Waals surface area contributed by atoms with Crippen LogP contribution in [-0.2, 0) is 25.5 Å². The Bertz CT molecular complexity index is 1090. The van der Waals surface area contributed by atoms with Crippen LogP contribution in [0.5, 0.6) is 5.75 Å². The van der Waals surface area contributed by atoms with Crippen LogP contribution in [0.15, 0.2) is 24.3 Å². The zero-order chi connectivity index (χ0) is 25.8. The Labute approximate surface area is 212 Å². The van der Waals surface area contributed by atoms with Crippen molar-refractivity contribution in [3.63, 3.8) is 0 Å². The summed E-state index contributed by atoms with van der Waals surface area (Å²) in [6, 6.07) is 7.79. The van der Waals surface area contributed by atoms with E-state index in [9.17, 15) is 9.59 Å². The number of hydrogen-bond donors (Lipinski definition) is 3. The minimum Gasteiger partial charge on any atom is -0.497 e. The average molecular weight is 499 g/mol. The Balaban J connectivity index is 1.68. The van der Waals surface area contributed by atoms with E-state index in [0.29, 0.717) is 13.0 Å². The van der Waals surface area contributed by atoms with E-state index >= 15 is 0 Å². The fraction of sp³-hybridized carbons (Fsp3) is 0.593. The van der Waals surface area contributed by atoms with Gasteiger partial charge in [-0.1, -0.05) is 0 Å². The number of aromatic nitrogens is 1. The summed E-state index contributed by atoms with van der Waals surface area (Å²) in [4.78, 5) is 30.0. The van der Waals surface area contributed by atoms with Crippen LogP contribution in [0.25, 0.3) is 10.9 Å². The predicted octanol–water partition coefficient (Wildman–Crippen LogP) is 2.52. The molecule has 2 fully saturated rings. The number of piperidine rings is 1. The molecule has 4 rings (SSSR count). The number of ether oxygens (including phenoxy) is 3. The Morgan fingerprint density at radius 3 is 2.47 bits per heavy atom. The van der Waals surface area contributed by atoms with E-state index in [-0.39, 0.29) is 47.8 Å². The maximum atomic E-state index is 13.5. The third-order valence-electron chi connectivity index (χ3n) is 7.73. The van der Waals surface area contributed by atoms with Gasteiger partial charge in [-0.25, -0.2) is 4.98 Å². The zero-order valence-electron chi connectivity index (χ0n) is 21.8. The lowest BCUT2D eigenvalue weighted by Crippen LogP contribution is -2.62. The molecule has 0 spiro atoms. The molecule has 3 N–H and O–H groups in total. The second kappa shape index (κ2) is 11.4. The number of nitrogens with one attached hydrogen (secondary N) is 3. The molecule has 6 atom stereocenters. The molecule has 9 heteroatoms. The number of rotatable bonds is 9. The van der Waals surface area contributed by atoms with Crippen LogP contribution >= 0.6 is 0 Å². The first-order valence-corrected chi connectivity index (χ1v) is 12.7. The Kier molecular flexibility index (Phi) is 8.31. The summed E-state index contributed by atoms with van der Waals surface area (Å²) in [5.74, 6) is 1.46. The molecule has 6 unspecified atom stereocenters. The standard InChI is InChI=1S/C27H38N4O5/c1-6-28-26-17(9-16-10-18(34-3)7-8-22(16)30-26)11-21-19-12-24(35-4)25(36-5)13-20(19)23(31-27(21)33)14-29-15(2)32/h7-10,19-21,23-25H,6,11-14H2,1-5H3,(H,28,30)(H,29,32)(H,31,33). The third kappa shape index (κ3) is 5.42. The molecular formula is C27H38N4O5. The Hall–Kier alpha value is -2.91. The van der Waals surface area contributed by atoms with Crippen molar-refractivity contribution in [2.24, 2.45) is 17.8 Å². The number of benzene rings is 1. The molecule has 196 valence electrons. The highest BCUT2D eigenvalue weighted by Crippen LogP contribution is 2.43. The summed E-state index contributed by atoms with van der Waals surface area (Å²) < 4.78 is 17.0. The molecule has 0 radical (unpaired) electrons. The fourth-order valence-electron chi connectivity index (χ4n) is 5.94. The normalized spacial score (nSPS) is 27.8. The summed E-state index contributed by atoms with van der Waals surface area (Å²) >= 11 is 0. The largest absolute Gasteiger partial charge is 0.497 e. The van der Waals surface area contributed by atoms with E-state index < -0.39 is 0 Å². The molecule has 1 aromatic heterocycles. The number of anilines is 1. The topological polar surface area (TPSA) is 111 Å². The van der Waals surface area contributed by atoms with Crippen molar-refractivity contribution >= 4 is 28.5 Å². The van der Waals surface area contributed by atoms with Crippen LogP contribution in [0.4, 0.5) is 5.82 Å². The van der Waals surface area contributed by atoms with E-state index in [4.69, 9.17) is 19.2 Å². The molecular weight excluding hydrogens is 460 g/mol. The summed E-state index contributed by atoms with van der Waals surface area (Å²) in [6.45, 7) is 4.66. The van der Waals surface area contributed by atoms with E-state index in [1.807, 2.05) is 25.1 Å². The van der Waals surface area contributed by atoms with E-state index in [1.54, 1.807) is 21.3 Å². The molecule has 1 aliphatic carbocycles. The van der Waals surface area contributed by atoms with Crippen LogP contribution in [0.1, 0.15) is 32.3 Å². The number of fused-ring (bicyclic) bond motifs is 2. The summed E-state index contributed by atoms with van der Waals surface area (Å²) in [5.41, 5.74) is 1.87. The fourth-order valence-corrected chi connectivity index (χ4v) is 5.94. The van der Waals surface area contributed by atoms with Gasteiger partial charge in [0.2, 0.25) is 11.8 Å². The van der Waals surface area contributed by atoms with Crippen molar-refractivity contribution in [1.82, 2.24) is 15.6 Å². The highest BCUT2D eigenvalue weighted by atomic mass is 16.5. The van der Waals surface area contributed by atoms with Crippen molar-refractivity contribution in [3.05, 3.63) is 29.8 Å². The molecule has 36 heavy (non-hydrogen) atoms. The molecule has 0 bridgehead atoms. The predicted molar refractivity (Wildman–Crippen MR) is 138 cm³/mol. The van der Waals surface area contributed by atoms with Crippen LogP contribution in [0.2, 0.25) is 0 Å². The quantitative estimate of drug-likeness (QED) is 0.487. The minimum absolute atomic E-state index is 0.00510. The molecule has 2 aromatic rings. The van der Waals surface area contributed by atoms with Crippen molar-refractivity contribution < 1.29 is 23.8 Å². The van der Waals surface area contributed by atoms with E-state index in [1.165, 1.54) is 6.92 Å². The molecule has 1 saturated heterocycles. The van der Waals surface area contributed by atoms with Crippen LogP contribution < -0.4 is 20.7 Å². The Morgan fingerprint density at radius 1 is 1.11 bits per heavy atom.